The maximum Gasteiger partial charge on any atom is 0.418 e. The Bertz CT molecular complexity index is 4160. The number of allylic oxidation sites excluding steroid dienone is 2. The van der Waals surface area contributed by atoms with Crippen molar-refractivity contribution in [3.63, 3.8) is 0 Å². The second-order valence-corrected chi connectivity index (χ2v) is 22.4. The van der Waals surface area contributed by atoms with E-state index in [0.29, 0.717) is 33.2 Å². The van der Waals surface area contributed by atoms with Gasteiger partial charge in [-0.05, 0) is 220 Å². The summed E-state index contributed by atoms with van der Waals surface area (Å²) < 4.78 is 97.2. The van der Waals surface area contributed by atoms with Crippen LogP contribution in [0, 0.1) is 66.7 Å². The highest BCUT2D eigenvalue weighted by Crippen LogP contribution is 2.46. The maximum atomic E-state index is 15.6. The van der Waals surface area contributed by atoms with Crippen molar-refractivity contribution >= 4 is 43.6 Å². The minimum atomic E-state index is -4.80. The molecule has 0 amide bonds. The zero-order chi connectivity index (χ0) is 62.8. The molecular formula is C78H69F6N3. The van der Waals surface area contributed by atoms with Gasteiger partial charge in [-0.15, -0.1) is 13.2 Å². The molecule has 0 spiro atoms. The van der Waals surface area contributed by atoms with Crippen LogP contribution < -0.4 is 0 Å². The number of nitrogens with zero attached hydrogens (tertiary/aromatic N) is 3. The fourth-order valence-corrected chi connectivity index (χ4v) is 12.1. The molecule has 0 aliphatic rings. The smallest absolute Gasteiger partial charge is 0.309 e. The molecule has 0 saturated carbocycles. The highest BCUT2D eigenvalue weighted by molar-refractivity contribution is 6.13. The standard InChI is InChI=1S/C70H54F6N2.2C3H6.C2H3N/c1-39-9-19-53(43(5)29-39)49-15-25-63-57(33-49)58-34-50(54-20-10-40(2)30-44(54)6)16-26-64(58)77(63)67-37-47(13-23-61(67)69(71,72)73)48-14-24-62(70(74,75)76)68(38-48)78-65-27-17-51(55-21-11-41(3)31-45(55)7)35-59(65)60-36-52(18-28-66(60)78)56-22-12-42(4)32-46(56)8;2*1-3-2;1-2-3/h9-38H,1-8H3;2*3H,1H2,2H3;1H3. The number of rotatable bonds is 7. The van der Waals surface area contributed by atoms with Gasteiger partial charge in [-0.1, -0.05) is 144 Å². The van der Waals surface area contributed by atoms with Crippen molar-refractivity contribution in [2.24, 2.45) is 0 Å². The van der Waals surface area contributed by atoms with Gasteiger partial charge in [0.15, 0.2) is 0 Å². The third kappa shape index (κ3) is 12.4. The molecule has 0 bridgehead atoms. The molecule has 0 fully saturated rings. The molecule has 10 aromatic carbocycles. The van der Waals surface area contributed by atoms with Crippen molar-refractivity contribution in [1.82, 2.24) is 9.13 Å². The molecule has 0 saturated heterocycles. The predicted molar refractivity (Wildman–Crippen MR) is 353 cm³/mol. The molecule has 0 unspecified atom stereocenters. The number of hydrogen-bond donors (Lipinski definition) is 0. The van der Waals surface area contributed by atoms with E-state index in [1.54, 1.807) is 27.4 Å². The molecule has 438 valence electrons. The van der Waals surface area contributed by atoms with Gasteiger partial charge in [0.25, 0.3) is 0 Å². The van der Waals surface area contributed by atoms with Crippen LogP contribution in [0.4, 0.5) is 26.3 Å². The Labute approximate surface area is 506 Å². The van der Waals surface area contributed by atoms with Crippen LogP contribution in [-0.4, -0.2) is 9.13 Å². The average Bonchev–Trinajstić information content (AvgIpc) is 1.62. The van der Waals surface area contributed by atoms with Gasteiger partial charge in [-0.25, -0.2) is 0 Å². The van der Waals surface area contributed by atoms with Crippen LogP contribution in [0.5, 0.6) is 0 Å². The molecule has 2 heterocycles. The summed E-state index contributed by atoms with van der Waals surface area (Å²) in [6, 6.07) is 58.0. The van der Waals surface area contributed by atoms with Crippen molar-refractivity contribution in [3.8, 4) is 73.1 Å². The van der Waals surface area contributed by atoms with Crippen molar-refractivity contribution in [3.05, 3.63) is 263 Å². The number of alkyl halides is 6. The third-order valence-corrected chi connectivity index (χ3v) is 15.7. The van der Waals surface area contributed by atoms with E-state index in [-0.39, 0.29) is 11.4 Å². The van der Waals surface area contributed by atoms with Crippen molar-refractivity contribution in [1.29, 1.82) is 5.26 Å². The normalized spacial score (nSPS) is 11.4. The highest BCUT2D eigenvalue weighted by Gasteiger charge is 2.37. The van der Waals surface area contributed by atoms with Gasteiger partial charge in [0.2, 0.25) is 0 Å². The first kappa shape index (κ1) is 61.9. The number of hydrogen-bond acceptors (Lipinski definition) is 1. The summed E-state index contributed by atoms with van der Waals surface area (Å²) in [6.07, 6.45) is -6.09. The van der Waals surface area contributed by atoms with Crippen LogP contribution in [0.15, 0.2) is 207 Å². The molecule has 0 aliphatic heterocycles. The minimum Gasteiger partial charge on any atom is -0.309 e. The number of fused-ring (bicyclic) bond motifs is 6. The molecule has 3 nitrogen and oxygen atoms in total. The zero-order valence-corrected chi connectivity index (χ0v) is 51.0. The molecule has 2 aromatic heterocycles. The summed E-state index contributed by atoms with van der Waals surface area (Å²) in [7, 11) is 0. The lowest BCUT2D eigenvalue weighted by molar-refractivity contribution is -0.138. The molecule has 0 radical (unpaired) electrons. The summed E-state index contributed by atoms with van der Waals surface area (Å²) in [4.78, 5) is 0. The summed E-state index contributed by atoms with van der Waals surface area (Å²) in [5.41, 5.74) is 17.3. The number of aromatic nitrogens is 2. The van der Waals surface area contributed by atoms with Gasteiger partial charge < -0.3 is 9.13 Å². The van der Waals surface area contributed by atoms with Crippen molar-refractivity contribution < 1.29 is 26.3 Å². The Kier molecular flexibility index (Phi) is 17.9. The van der Waals surface area contributed by atoms with Crippen LogP contribution in [0.3, 0.4) is 0 Å². The van der Waals surface area contributed by atoms with Gasteiger partial charge in [-0.3, -0.25) is 0 Å². The van der Waals surface area contributed by atoms with Gasteiger partial charge in [0.1, 0.15) is 0 Å². The van der Waals surface area contributed by atoms with E-state index < -0.39 is 23.5 Å². The number of nitriles is 1. The largest absolute Gasteiger partial charge is 0.418 e. The zero-order valence-electron chi connectivity index (χ0n) is 51.0. The minimum absolute atomic E-state index is 0.144. The van der Waals surface area contributed by atoms with E-state index in [4.69, 9.17) is 5.26 Å². The van der Waals surface area contributed by atoms with E-state index in [1.165, 1.54) is 31.2 Å². The summed E-state index contributed by atoms with van der Waals surface area (Å²) in [5.74, 6) is 0. The topological polar surface area (TPSA) is 33.6 Å². The molecule has 0 N–H and O–H groups in total. The monoisotopic (exact) mass is 1160 g/mol. The van der Waals surface area contributed by atoms with Crippen LogP contribution in [0.1, 0.15) is 76.4 Å². The summed E-state index contributed by atoms with van der Waals surface area (Å²) in [6.45, 7) is 28.3. The molecule has 12 rings (SSSR count). The lowest BCUT2D eigenvalue weighted by Crippen LogP contribution is -2.12. The maximum absolute atomic E-state index is 15.6. The molecule has 87 heavy (non-hydrogen) atoms. The van der Waals surface area contributed by atoms with Crippen LogP contribution in [0.2, 0.25) is 0 Å². The van der Waals surface area contributed by atoms with Crippen molar-refractivity contribution in [2.75, 3.05) is 0 Å². The predicted octanol–water partition coefficient (Wildman–Crippen LogP) is 23.6. The summed E-state index contributed by atoms with van der Waals surface area (Å²) >= 11 is 0. The van der Waals surface area contributed by atoms with E-state index >= 15 is 26.3 Å². The van der Waals surface area contributed by atoms with Crippen LogP contribution in [0.25, 0.3) is 111 Å². The van der Waals surface area contributed by atoms with Crippen LogP contribution in [-0.2, 0) is 12.4 Å². The fourth-order valence-electron chi connectivity index (χ4n) is 12.1. The second-order valence-electron chi connectivity index (χ2n) is 22.4. The Morgan fingerprint density at radius 2 is 0.563 bits per heavy atom. The molecule has 12 aromatic rings. The number of benzene rings is 10. The fraction of sp³-hybridized carbons (Fsp3) is 0.167. The SMILES string of the molecule is C=CC.C=CC.CC#N.Cc1ccc(-c2ccc3c(c2)c2cc(-c4ccc(C)cc4C)ccc2n3-c2cc(-c3ccc(C(F)(F)F)c(-n4c5ccc(-c6ccc(C)cc6C)cc5c5cc(-c6ccc(C)cc6C)ccc54)c3)ccc2C(F)(F)F)c(C)c1. The van der Waals surface area contributed by atoms with E-state index in [1.807, 2.05) is 90.1 Å². The van der Waals surface area contributed by atoms with Gasteiger partial charge >= 0.3 is 12.4 Å². The average molecular weight is 1160 g/mol. The molecule has 0 aliphatic carbocycles. The number of halogens is 6. The highest BCUT2D eigenvalue weighted by atomic mass is 19.4. The lowest BCUT2D eigenvalue weighted by Gasteiger charge is -2.20. The first-order chi connectivity index (χ1) is 41.4. The van der Waals surface area contributed by atoms with Gasteiger partial charge in [0.05, 0.1) is 50.6 Å². The summed E-state index contributed by atoms with van der Waals surface area (Å²) in [5, 5.41) is 10.4. The van der Waals surface area contributed by atoms with E-state index in [0.717, 1.165) is 123 Å². The van der Waals surface area contributed by atoms with Gasteiger partial charge in [0, 0.05) is 28.5 Å². The molecule has 9 heteroatoms. The first-order valence-corrected chi connectivity index (χ1v) is 28.8. The van der Waals surface area contributed by atoms with Gasteiger partial charge in [-0.2, -0.15) is 31.6 Å². The third-order valence-electron chi connectivity index (χ3n) is 15.7. The Morgan fingerprint density at radius 3 is 0.770 bits per heavy atom. The van der Waals surface area contributed by atoms with E-state index in [9.17, 15) is 0 Å². The second kappa shape index (κ2) is 25.1. The molecular weight excluding hydrogens is 1090 g/mol. The lowest BCUT2D eigenvalue weighted by atomic mass is 9.95. The van der Waals surface area contributed by atoms with E-state index in [2.05, 4.69) is 138 Å². The Balaban J connectivity index is 0.000000946. The number of aryl methyl sites for hydroxylation is 8. The first-order valence-electron chi connectivity index (χ1n) is 28.8. The Morgan fingerprint density at radius 1 is 0.345 bits per heavy atom. The Hall–Kier alpha value is -9.65. The van der Waals surface area contributed by atoms with Crippen LogP contribution >= 0.6 is 0 Å². The molecule has 0 atom stereocenters. The van der Waals surface area contributed by atoms with Crippen molar-refractivity contribution in [2.45, 2.75) is 88.5 Å². The quantitative estimate of drug-likeness (QED) is 0.116.